The third-order valence-corrected chi connectivity index (χ3v) is 4.22. The Balaban J connectivity index is 1.72. The molecule has 0 aromatic heterocycles. The molecular weight excluding hydrogens is 267 g/mol. The minimum Gasteiger partial charge on any atom is -0.497 e. The number of nitrogens with one attached hydrogen (secondary N) is 1. The van der Waals surface area contributed by atoms with Crippen molar-refractivity contribution in [1.29, 1.82) is 0 Å². The Labute approximate surface area is 127 Å². The average Bonchev–Trinajstić information content (AvgIpc) is 2.52. The molecule has 4 heteroatoms. The first-order valence-corrected chi connectivity index (χ1v) is 8.00. The normalized spacial score (nSPS) is 17.7. The van der Waals surface area contributed by atoms with Crippen molar-refractivity contribution in [3.05, 3.63) is 29.6 Å². The van der Waals surface area contributed by atoms with Crippen molar-refractivity contribution in [3.63, 3.8) is 0 Å². The number of piperidine rings is 1. The van der Waals surface area contributed by atoms with E-state index in [1.54, 1.807) is 13.2 Å². The van der Waals surface area contributed by atoms with Gasteiger partial charge in [-0.25, -0.2) is 4.39 Å². The zero-order valence-electron chi connectivity index (χ0n) is 13.2. The van der Waals surface area contributed by atoms with Crippen LogP contribution in [0.5, 0.6) is 5.75 Å². The van der Waals surface area contributed by atoms with Gasteiger partial charge in [-0.3, -0.25) is 0 Å². The Kier molecular flexibility index (Phi) is 6.46. The fourth-order valence-electron chi connectivity index (χ4n) is 2.90. The second kappa shape index (κ2) is 8.35. The number of hydrogen-bond acceptors (Lipinski definition) is 3. The highest BCUT2D eigenvalue weighted by Gasteiger charge is 2.12. The van der Waals surface area contributed by atoms with Gasteiger partial charge in [-0.15, -0.1) is 0 Å². The van der Waals surface area contributed by atoms with Crippen LogP contribution in [0.15, 0.2) is 18.2 Å². The lowest BCUT2D eigenvalue weighted by Gasteiger charge is -2.26. The van der Waals surface area contributed by atoms with E-state index in [-0.39, 0.29) is 11.9 Å². The summed E-state index contributed by atoms with van der Waals surface area (Å²) in [6, 6.07) is 5.08. The minimum absolute atomic E-state index is 0.0252. The highest BCUT2D eigenvalue weighted by molar-refractivity contribution is 5.30. The fourth-order valence-corrected chi connectivity index (χ4v) is 2.90. The smallest absolute Gasteiger partial charge is 0.131 e. The van der Waals surface area contributed by atoms with Crippen molar-refractivity contribution < 1.29 is 9.13 Å². The summed E-state index contributed by atoms with van der Waals surface area (Å²) in [4.78, 5) is 2.53. The molecule has 0 aliphatic carbocycles. The monoisotopic (exact) mass is 294 g/mol. The van der Waals surface area contributed by atoms with Gasteiger partial charge in [0.15, 0.2) is 0 Å². The first-order chi connectivity index (χ1) is 10.2. The molecule has 1 atom stereocenters. The summed E-state index contributed by atoms with van der Waals surface area (Å²) >= 11 is 0. The summed E-state index contributed by atoms with van der Waals surface area (Å²) in [6.45, 7) is 6.55. The van der Waals surface area contributed by atoms with E-state index >= 15 is 0 Å². The van der Waals surface area contributed by atoms with Crippen molar-refractivity contribution in [1.82, 2.24) is 10.2 Å². The largest absolute Gasteiger partial charge is 0.497 e. The number of hydrogen-bond donors (Lipinski definition) is 1. The summed E-state index contributed by atoms with van der Waals surface area (Å²) in [5.41, 5.74) is 0.703. The van der Waals surface area contributed by atoms with Crippen LogP contribution in [-0.4, -0.2) is 38.2 Å². The zero-order valence-corrected chi connectivity index (χ0v) is 13.2. The summed E-state index contributed by atoms with van der Waals surface area (Å²) in [5, 5.41) is 3.41. The molecule has 1 unspecified atom stereocenters. The molecule has 0 spiro atoms. The molecule has 3 nitrogen and oxygen atoms in total. The minimum atomic E-state index is -0.203. The molecule has 1 saturated heterocycles. The number of nitrogens with zero attached hydrogens (tertiary/aromatic N) is 1. The molecule has 0 amide bonds. The Morgan fingerprint density at radius 2 is 2.05 bits per heavy atom. The predicted octanol–water partition coefficient (Wildman–Crippen LogP) is 3.36. The average molecular weight is 294 g/mol. The SMILES string of the molecule is COc1ccc(C(C)NCCCN2CCCCC2)c(F)c1. The molecule has 1 aliphatic rings. The number of ether oxygens (including phenoxy) is 1. The van der Waals surface area contributed by atoms with E-state index in [4.69, 9.17) is 4.74 Å². The molecule has 1 heterocycles. The molecule has 1 fully saturated rings. The Morgan fingerprint density at radius 1 is 1.29 bits per heavy atom. The van der Waals surface area contributed by atoms with E-state index in [0.717, 1.165) is 19.5 Å². The number of rotatable bonds is 7. The van der Waals surface area contributed by atoms with Crippen LogP contribution in [-0.2, 0) is 0 Å². The maximum Gasteiger partial charge on any atom is 0.131 e. The quantitative estimate of drug-likeness (QED) is 0.780. The molecule has 0 radical (unpaired) electrons. The lowest BCUT2D eigenvalue weighted by molar-refractivity contribution is 0.225. The number of halogens is 1. The fraction of sp³-hybridized carbons (Fsp3) is 0.647. The van der Waals surface area contributed by atoms with E-state index in [9.17, 15) is 4.39 Å². The van der Waals surface area contributed by atoms with Gasteiger partial charge in [0.25, 0.3) is 0 Å². The molecule has 2 rings (SSSR count). The number of methoxy groups -OCH3 is 1. The summed E-state index contributed by atoms with van der Waals surface area (Å²) in [6.07, 6.45) is 5.16. The molecule has 118 valence electrons. The second-order valence-corrected chi connectivity index (χ2v) is 5.82. The number of likely N-dealkylation sites (tertiary alicyclic amines) is 1. The summed E-state index contributed by atoms with van der Waals surface area (Å²) in [7, 11) is 1.55. The molecule has 21 heavy (non-hydrogen) atoms. The molecule has 1 aliphatic heterocycles. The van der Waals surface area contributed by atoms with Gasteiger partial charge < -0.3 is 15.0 Å². The van der Waals surface area contributed by atoms with Crippen LogP contribution in [0.25, 0.3) is 0 Å². The first kappa shape index (κ1) is 16.2. The van der Waals surface area contributed by atoms with Crippen LogP contribution in [0.3, 0.4) is 0 Å². The lowest BCUT2D eigenvalue weighted by atomic mass is 10.1. The van der Waals surface area contributed by atoms with Crippen LogP contribution >= 0.6 is 0 Å². The first-order valence-electron chi connectivity index (χ1n) is 8.00. The number of benzene rings is 1. The van der Waals surface area contributed by atoms with Gasteiger partial charge in [0.1, 0.15) is 11.6 Å². The Bertz CT molecular complexity index is 433. The van der Waals surface area contributed by atoms with Crippen LogP contribution in [0.2, 0.25) is 0 Å². The van der Waals surface area contributed by atoms with Crippen molar-refractivity contribution in [2.75, 3.05) is 33.3 Å². The van der Waals surface area contributed by atoms with E-state index < -0.39 is 0 Å². The molecule has 0 bridgehead atoms. The van der Waals surface area contributed by atoms with Crippen molar-refractivity contribution in [2.45, 2.75) is 38.6 Å². The maximum absolute atomic E-state index is 14.0. The van der Waals surface area contributed by atoms with Crippen molar-refractivity contribution in [2.24, 2.45) is 0 Å². The van der Waals surface area contributed by atoms with Gasteiger partial charge in [0.05, 0.1) is 7.11 Å². The van der Waals surface area contributed by atoms with E-state index in [1.165, 1.54) is 38.4 Å². The standard InChI is InChI=1S/C17H27FN2O/c1-14(16-8-7-15(21-2)13-17(16)18)19-9-6-12-20-10-4-3-5-11-20/h7-8,13-14,19H,3-6,9-12H2,1-2H3. The van der Waals surface area contributed by atoms with Gasteiger partial charge in [-0.2, -0.15) is 0 Å². The van der Waals surface area contributed by atoms with Crippen molar-refractivity contribution >= 4 is 0 Å². The third-order valence-electron chi connectivity index (χ3n) is 4.22. The van der Waals surface area contributed by atoms with Gasteiger partial charge in [-0.05, 0) is 58.4 Å². The third kappa shape index (κ3) is 4.97. The van der Waals surface area contributed by atoms with E-state index in [2.05, 4.69) is 10.2 Å². The van der Waals surface area contributed by atoms with E-state index in [0.29, 0.717) is 11.3 Å². The van der Waals surface area contributed by atoms with Crippen LogP contribution in [0.1, 0.15) is 44.2 Å². The topological polar surface area (TPSA) is 24.5 Å². The Hall–Kier alpha value is -1.13. The van der Waals surface area contributed by atoms with Gasteiger partial charge in [-0.1, -0.05) is 12.5 Å². The van der Waals surface area contributed by atoms with Crippen LogP contribution in [0, 0.1) is 5.82 Å². The summed E-state index contributed by atoms with van der Waals surface area (Å²) < 4.78 is 19.0. The van der Waals surface area contributed by atoms with Gasteiger partial charge in [0.2, 0.25) is 0 Å². The van der Waals surface area contributed by atoms with Gasteiger partial charge >= 0.3 is 0 Å². The highest BCUT2D eigenvalue weighted by Crippen LogP contribution is 2.21. The molecular formula is C17H27FN2O. The molecule has 1 N–H and O–H groups in total. The van der Waals surface area contributed by atoms with E-state index in [1.807, 2.05) is 13.0 Å². The second-order valence-electron chi connectivity index (χ2n) is 5.82. The van der Waals surface area contributed by atoms with Crippen LogP contribution in [0.4, 0.5) is 4.39 Å². The van der Waals surface area contributed by atoms with Gasteiger partial charge in [0, 0.05) is 17.7 Å². The van der Waals surface area contributed by atoms with Crippen LogP contribution < -0.4 is 10.1 Å². The highest BCUT2D eigenvalue weighted by atomic mass is 19.1. The maximum atomic E-state index is 14.0. The molecule has 0 saturated carbocycles. The van der Waals surface area contributed by atoms with Crippen molar-refractivity contribution in [3.8, 4) is 5.75 Å². The Morgan fingerprint density at radius 3 is 2.71 bits per heavy atom. The molecule has 1 aromatic rings. The summed E-state index contributed by atoms with van der Waals surface area (Å²) in [5.74, 6) is 0.360. The molecule has 1 aromatic carbocycles. The zero-order chi connectivity index (χ0) is 15.1. The lowest BCUT2D eigenvalue weighted by Crippen LogP contribution is -2.32. The predicted molar refractivity (Wildman–Crippen MR) is 84.3 cm³/mol.